The average Bonchev–Trinajstić information content (AvgIpc) is 2.72. The van der Waals surface area contributed by atoms with Crippen molar-refractivity contribution >= 4 is 5.91 Å². The molecule has 0 radical (unpaired) electrons. The van der Waals surface area contributed by atoms with Gasteiger partial charge in [0.1, 0.15) is 5.82 Å². The summed E-state index contributed by atoms with van der Waals surface area (Å²) in [5.41, 5.74) is 7.54. The van der Waals surface area contributed by atoms with E-state index >= 15 is 0 Å². The molecule has 2 aromatic rings. The molecule has 0 bridgehead atoms. The standard InChI is InChI=1S/C23H27F3N2O/c24-19-15-21(26)20(25)13-18(19)14-22(27)17-9-11-28(12-10-17)23(29)8-4-7-16-5-2-1-3-6-16/h1-3,5-6,13,15,17,22H,4,7-12,14,27H2/t22-/m1/s1. The Morgan fingerprint density at radius 1 is 1.03 bits per heavy atom. The minimum absolute atomic E-state index is 0.0933. The van der Waals surface area contributed by atoms with E-state index in [0.717, 1.165) is 31.7 Å². The van der Waals surface area contributed by atoms with Crippen LogP contribution in [0.4, 0.5) is 13.2 Å². The van der Waals surface area contributed by atoms with Crippen molar-refractivity contribution in [3.63, 3.8) is 0 Å². The lowest BCUT2D eigenvalue weighted by molar-refractivity contribution is -0.132. The van der Waals surface area contributed by atoms with Crippen LogP contribution in [-0.4, -0.2) is 29.9 Å². The molecule has 0 aromatic heterocycles. The van der Waals surface area contributed by atoms with Crippen molar-refractivity contribution in [2.75, 3.05) is 13.1 Å². The fourth-order valence-electron chi connectivity index (χ4n) is 3.96. The highest BCUT2D eigenvalue weighted by molar-refractivity contribution is 5.76. The first-order chi connectivity index (χ1) is 13.9. The molecule has 1 amide bonds. The van der Waals surface area contributed by atoms with E-state index in [1.807, 2.05) is 23.1 Å². The van der Waals surface area contributed by atoms with E-state index in [-0.39, 0.29) is 29.9 Å². The highest BCUT2D eigenvalue weighted by Gasteiger charge is 2.27. The monoisotopic (exact) mass is 404 g/mol. The van der Waals surface area contributed by atoms with Crippen LogP contribution < -0.4 is 5.73 Å². The van der Waals surface area contributed by atoms with Gasteiger partial charge < -0.3 is 10.6 Å². The number of carbonyl (C=O) groups excluding carboxylic acids is 1. The molecule has 3 rings (SSSR count). The van der Waals surface area contributed by atoms with Gasteiger partial charge in [0, 0.05) is 31.6 Å². The number of nitrogens with zero attached hydrogens (tertiary/aromatic N) is 1. The van der Waals surface area contributed by atoms with Crippen molar-refractivity contribution in [2.45, 2.75) is 44.6 Å². The van der Waals surface area contributed by atoms with E-state index in [0.29, 0.717) is 25.6 Å². The topological polar surface area (TPSA) is 46.3 Å². The van der Waals surface area contributed by atoms with Gasteiger partial charge in [-0.3, -0.25) is 4.79 Å². The normalized spacial score (nSPS) is 16.1. The number of hydrogen-bond acceptors (Lipinski definition) is 2. The van der Waals surface area contributed by atoms with Gasteiger partial charge in [0.2, 0.25) is 5.91 Å². The Bertz CT molecular complexity index is 820. The molecule has 1 aliphatic heterocycles. The summed E-state index contributed by atoms with van der Waals surface area (Å²) in [4.78, 5) is 14.3. The van der Waals surface area contributed by atoms with Crippen LogP contribution in [0, 0.1) is 23.4 Å². The van der Waals surface area contributed by atoms with Gasteiger partial charge in [-0.1, -0.05) is 30.3 Å². The maximum Gasteiger partial charge on any atom is 0.222 e. The number of nitrogens with two attached hydrogens (primary N) is 1. The van der Waals surface area contributed by atoms with Crippen LogP contribution in [0.3, 0.4) is 0 Å². The van der Waals surface area contributed by atoms with Crippen LogP contribution in [0.5, 0.6) is 0 Å². The van der Waals surface area contributed by atoms with Crippen molar-refractivity contribution in [3.8, 4) is 0 Å². The van der Waals surface area contributed by atoms with Gasteiger partial charge in [0.15, 0.2) is 11.6 Å². The van der Waals surface area contributed by atoms with E-state index < -0.39 is 17.5 Å². The van der Waals surface area contributed by atoms with Gasteiger partial charge in [0.05, 0.1) is 0 Å². The zero-order valence-electron chi connectivity index (χ0n) is 16.4. The summed E-state index contributed by atoms with van der Waals surface area (Å²) in [6.45, 7) is 1.26. The Morgan fingerprint density at radius 3 is 2.38 bits per heavy atom. The average molecular weight is 404 g/mol. The van der Waals surface area contributed by atoms with Gasteiger partial charge in [-0.05, 0) is 55.2 Å². The molecule has 6 heteroatoms. The Morgan fingerprint density at radius 2 is 1.69 bits per heavy atom. The Labute approximate surface area is 169 Å². The predicted molar refractivity (Wildman–Crippen MR) is 107 cm³/mol. The third-order valence-corrected chi connectivity index (χ3v) is 5.74. The molecular formula is C23H27F3N2O. The molecular weight excluding hydrogens is 377 g/mol. The Hall–Kier alpha value is -2.34. The van der Waals surface area contributed by atoms with Crippen LogP contribution in [-0.2, 0) is 17.6 Å². The fourth-order valence-corrected chi connectivity index (χ4v) is 3.96. The van der Waals surface area contributed by atoms with E-state index in [1.165, 1.54) is 5.56 Å². The van der Waals surface area contributed by atoms with Crippen LogP contribution in [0.25, 0.3) is 0 Å². The quantitative estimate of drug-likeness (QED) is 0.702. The zero-order chi connectivity index (χ0) is 20.8. The molecule has 1 heterocycles. The van der Waals surface area contributed by atoms with Crippen LogP contribution in [0.2, 0.25) is 0 Å². The second kappa shape index (κ2) is 9.92. The van der Waals surface area contributed by atoms with Gasteiger partial charge in [-0.15, -0.1) is 0 Å². The summed E-state index contributed by atoms with van der Waals surface area (Å²) in [6.07, 6.45) is 3.84. The Kier molecular flexibility index (Phi) is 7.31. The number of rotatable bonds is 7. The van der Waals surface area contributed by atoms with Gasteiger partial charge >= 0.3 is 0 Å². The van der Waals surface area contributed by atoms with Crippen molar-refractivity contribution in [3.05, 3.63) is 71.0 Å². The minimum Gasteiger partial charge on any atom is -0.343 e. The van der Waals surface area contributed by atoms with E-state index in [2.05, 4.69) is 12.1 Å². The molecule has 156 valence electrons. The summed E-state index contributed by atoms with van der Waals surface area (Å²) in [7, 11) is 0. The van der Waals surface area contributed by atoms with Crippen LogP contribution in [0.1, 0.15) is 36.8 Å². The number of piperidine rings is 1. The van der Waals surface area contributed by atoms with Crippen molar-refractivity contribution in [1.82, 2.24) is 4.90 Å². The van der Waals surface area contributed by atoms with Crippen molar-refractivity contribution in [1.29, 1.82) is 0 Å². The number of amides is 1. The molecule has 0 unspecified atom stereocenters. The number of benzene rings is 2. The molecule has 1 aliphatic rings. The van der Waals surface area contributed by atoms with Gasteiger partial charge in [-0.2, -0.15) is 0 Å². The minimum atomic E-state index is -1.20. The lowest BCUT2D eigenvalue weighted by atomic mass is 9.86. The number of aryl methyl sites for hydroxylation is 1. The summed E-state index contributed by atoms with van der Waals surface area (Å²) in [5, 5.41) is 0. The molecule has 3 nitrogen and oxygen atoms in total. The summed E-state index contributed by atoms with van der Waals surface area (Å²) < 4.78 is 40.3. The maximum absolute atomic E-state index is 13.9. The summed E-state index contributed by atoms with van der Waals surface area (Å²) in [5.74, 6) is -2.76. The first kappa shape index (κ1) is 21.4. The molecule has 1 saturated heterocycles. The van der Waals surface area contributed by atoms with E-state index in [1.54, 1.807) is 0 Å². The molecule has 2 N–H and O–H groups in total. The number of halogens is 3. The highest BCUT2D eigenvalue weighted by atomic mass is 19.2. The molecule has 29 heavy (non-hydrogen) atoms. The summed E-state index contributed by atoms with van der Waals surface area (Å²) >= 11 is 0. The lowest BCUT2D eigenvalue weighted by Gasteiger charge is -2.35. The highest BCUT2D eigenvalue weighted by Crippen LogP contribution is 2.24. The maximum atomic E-state index is 13.9. The molecule has 1 atom stereocenters. The molecule has 0 aliphatic carbocycles. The smallest absolute Gasteiger partial charge is 0.222 e. The second-order valence-electron chi connectivity index (χ2n) is 7.78. The number of likely N-dealkylation sites (tertiary alicyclic amines) is 1. The first-order valence-corrected chi connectivity index (χ1v) is 10.1. The van der Waals surface area contributed by atoms with Gasteiger partial charge in [0.25, 0.3) is 0 Å². The third-order valence-electron chi connectivity index (χ3n) is 5.74. The zero-order valence-corrected chi connectivity index (χ0v) is 16.4. The number of hydrogen-bond donors (Lipinski definition) is 1. The largest absolute Gasteiger partial charge is 0.343 e. The number of carbonyl (C=O) groups is 1. The predicted octanol–water partition coefficient (Wildman–Crippen LogP) is 4.24. The van der Waals surface area contributed by atoms with Crippen molar-refractivity contribution < 1.29 is 18.0 Å². The summed E-state index contributed by atoms with van der Waals surface area (Å²) in [6, 6.07) is 11.2. The second-order valence-corrected chi connectivity index (χ2v) is 7.78. The lowest BCUT2D eigenvalue weighted by Crippen LogP contribution is -2.44. The SMILES string of the molecule is N[C@H](Cc1cc(F)c(F)cc1F)C1CCN(C(=O)CCCc2ccccc2)CC1. The van der Waals surface area contributed by atoms with Crippen LogP contribution >= 0.6 is 0 Å². The molecule has 2 aromatic carbocycles. The van der Waals surface area contributed by atoms with Gasteiger partial charge in [-0.25, -0.2) is 13.2 Å². The fraction of sp³-hybridized carbons (Fsp3) is 0.435. The van der Waals surface area contributed by atoms with Crippen molar-refractivity contribution in [2.24, 2.45) is 11.7 Å². The van der Waals surface area contributed by atoms with E-state index in [4.69, 9.17) is 5.73 Å². The third kappa shape index (κ3) is 5.82. The molecule has 1 fully saturated rings. The first-order valence-electron chi connectivity index (χ1n) is 10.1. The van der Waals surface area contributed by atoms with Crippen LogP contribution in [0.15, 0.2) is 42.5 Å². The molecule has 0 spiro atoms. The Balaban J connectivity index is 1.43. The molecule has 0 saturated carbocycles. The van der Waals surface area contributed by atoms with E-state index in [9.17, 15) is 18.0 Å².